The maximum atomic E-state index is 12.8. The van der Waals surface area contributed by atoms with Gasteiger partial charge in [0.25, 0.3) is 0 Å². The smallest absolute Gasteiger partial charge is 0.416 e. The van der Waals surface area contributed by atoms with Gasteiger partial charge in [-0.3, -0.25) is 0 Å². The van der Waals surface area contributed by atoms with Crippen molar-refractivity contribution in [1.29, 1.82) is 0 Å². The third-order valence-corrected chi connectivity index (χ3v) is 11.0. The summed E-state index contributed by atoms with van der Waals surface area (Å²) in [4.78, 5) is 3.98. The maximum absolute atomic E-state index is 12.8. The van der Waals surface area contributed by atoms with Crippen LogP contribution in [-0.2, 0) is 37.9 Å². The number of benzene rings is 1. The van der Waals surface area contributed by atoms with Crippen LogP contribution in [0.2, 0.25) is 19.6 Å². The summed E-state index contributed by atoms with van der Waals surface area (Å²) in [5.74, 6) is 0.933. The van der Waals surface area contributed by atoms with E-state index in [-0.39, 0.29) is 21.1 Å². The fourth-order valence-electron chi connectivity index (χ4n) is 2.84. The predicted molar refractivity (Wildman–Crippen MR) is 113 cm³/mol. The van der Waals surface area contributed by atoms with Gasteiger partial charge in [0.2, 0.25) is 8.32 Å². The van der Waals surface area contributed by atoms with E-state index in [1.165, 1.54) is 12.1 Å². The van der Waals surface area contributed by atoms with E-state index < -0.39 is 28.4 Å². The Labute approximate surface area is 187 Å². The summed E-state index contributed by atoms with van der Waals surface area (Å²) in [6.07, 6.45) is -0.491. The van der Waals surface area contributed by atoms with Gasteiger partial charge in [-0.2, -0.15) is 13.2 Å². The zero-order valence-corrected chi connectivity index (χ0v) is 21.3. The molecule has 0 fully saturated rings. The van der Waals surface area contributed by atoms with Crippen molar-refractivity contribution in [2.45, 2.75) is 32.4 Å². The van der Waals surface area contributed by atoms with Gasteiger partial charge in [-0.25, -0.2) is 0 Å². The van der Waals surface area contributed by atoms with Gasteiger partial charge >= 0.3 is 6.18 Å². The molecule has 0 spiro atoms. The zero-order chi connectivity index (χ0) is 21.2. The fourth-order valence-corrected chi connectivity index (χ4v) is 9.28. The molecule has 1 aliphatic heterocycles. The number of rotatable bonds is 7. The van der Waals surface area contributed by atoms with Crippen LogP contribution in [0.25, 0.3) is 0 Å². The van der Waals surface area contributed by atoms with E-state index in [9.17, 15) is 13.2 Å². The van der Waals surface area contributed by atoms with Crippen LogP contribution in [-0.4, -0.2) is 33.5 Å². The van der Waals surface area contributed by atoms with E-state index in [0.717, 1.165) is 23.5 Å². The summed E-state index contributed by atoms with van der Waals surface area (Å²) in [5.41, 5.74) is 6.06. The molecule has 0 saturated carbocycles. The third kappa shape index (κ3) is 6.84. The van der Waals surface area contributed by atoms with Crippen LogP contribution < -0.4 is 0 Å². The van der Waals surface area contributed by atoms with Gasteiger partial charge in [0, 0.05) is 47.1 Å². The second-order valence-electron chi connectivity index (χ2n) is 7.53. The first kappa shape index (κ1) is 25.7. The van der Waals surface area contributed by atoms with Crippen molar-refractivity contribution in [3.8, 4) is 0 Å². The molecule has 1 heterocycles. The molecule has 0 radical (unpaired) electrons. The largest absolute Gasteiger partial charge is 0.446 e. The normalized spacial score (nSPS) is 17.8. The molecule has 1 unspecified atom stereocenters. The molecule has 0 aromatic heterocycles. The SMILES string of the molecule is C=C[Si](C)(C)O[Si](C)(C=C)C=C1N(C)C=CN1Cc1ccc(C(F)(F)F)cc1.[Pt]. The summed E-state index contributed by atoms with van der Waals surface area (Å²) in [6, 6.07) is 5.26. The van der Waals surface area contributed by atoms with Crippen molar-refractivity contribution < 1.29 is 38.4 Å². The number of alkyl halides is 3. The van der Waals surface area contributed by atoms with E-state index in [1.807, 2.05) is 40.6 Å². The van der Waals surface area contributed by atoms with E-state index in [0.29, 0.717) is 6.54 Å². The summed E-state index contributed by atoms with van der Waals surface area (Å²) in [6.45, 7) is 14.6. The van der Waals surface area contributed by atoms with Crippen molar-refractivity contribution >= 4 is 16.6 Å². The van der Waals surface area contributed by atoms with Gasteiger partial charge in [0.05, 0.1) is 5.56 Å². The van der Waals surface area contributed by atoms with Crippen LogP contribution in [0, 0.1) is 0 Å². The van der Waals surface area contributed by atoms with Crippen molar-refractivity contribution in [2.24, 2.45) is 0 Å². The quantitative estimate of drug-likeness (QED) is 0.373. The van der Waals surface area contributed by atoms with E-state index in [2.05, 4.69) is 38.5 Å². The minimum absolute atomic E-state index is 0. The predicted octanol–water partition coefficient (Wildman–Crippen LogP) is 5.55. The first-order valence-electron chi connectivity index (χ1n) is 8.93. The number of hydrogen-bond acceptors (Lipinski definition) is 3. The Bertz CT molecular complexity index is 794. The fraction of sp³-hybridized carbons (Fsp3) is 0.300. The molecular weight excluding hydrogens is 592 g/mol. The summed E-state index contributed by atoms with van der Waals surface area (Å²) in [5, 5.41) is 0. The Morgan fingerprint density at radius 1 is 1.03 bits per heavy atom. The van der Waals surface area contributed by atoms with Gasteiger partial charge in [0.15, 0.2) is 8.32 Å². The molecule has 0 amide bonds. The van der Waals surface area contributed by atoms with E-state index >= 15 is 0 Å². The topological polar surface area (TPSA) is 15.7 Å². The van der Waals surface area contributed by atoms with Crippen molar-refractivity contribution in [3.05, 3.63) is 83.9 Å². The van der Waals surface area contributed by atoms with Crippen molar-refractivity contribution in [2.75, 3.05) is 7.05 Å². The van der Waals surface area contributed by atoms with E-state index in [4.69, 9.17) is 4.12 Å². The first-order chi connectivity index (χ1) is 12.9. The molecule has 0 N–H and O–H groups in total. The minimum atomic E-state index is -4.33. The molecule has 2 rings (SSSR count). The molecule has 1 aromatic carbocycles. The summed E-state index contributed by atoms with van der Waals surface area (Å²) < 4.78 is 44.7. The van der Waals surface area contributed by atoms with Crippen LogP contribution in [0.3, 0.4) is 0 Å². The Morgan fingerprint density at radius 3 is 2.10 bits per heavy atom. The molecule has 0 saturated heterocycles. The van der Waals surface area contributed by atoms with Gasteiger partial charge in [-0.15, -0.1) is 13.2 Å². The van der Waals surface area contributed by atoms with E-state index in [1.54, 1.807) is 0 Å². The molecule has 3 nitrogen and oxygen atoms in total. The monoisotopic (exact) mass is 619 g/mol. The average molecular weight is 620 g/mol. The third-order valence-electron chi connectivity index (χ3n) is 4.56. The Morgan fingerprint density at radius 2 is 1.62 bits per heavy atom. The molecular formula is C20H27F3N2OPtSi2. The van der Waals surface area contributed by atoms with Gasteiger partial charge in [0.1, 0.15) is 5.82 Å². The van der Waals surface area contributed by atoms with Crippen LogP contribution in [0.1, 0.15) is 11.1 Å². The Kier molecular flexibility index (Phi) is 8.54. The van der Waals surface area contributed by atoms with Crippen molar-refractivity contribution in [3.63, 3.8) is 0 Å². The van der Waals surface area contributed by atoms with Crippen LogP contribution >= 0.6 is 0 Å². The Hall–Kier alpha value is -1.35. The molecule has 9 heteroatoms. The standard InChI is InChI=1S/C20H27F3N2OSi2.Pt/c1-7-27(4,5)26-28(6,8-2)16-19-24(3)13-14-25(19)15-17-9-11-18(12-10-17)20(21,22)23;/h7-14,16H,1-2,15H2,3-6H3;. The zero-order valence-electron chi connectivity index (χ0n) is 17.1. The van der Waals surface area contributed by atoms with Crippen molar-refractivity contribution in [1.82, 2.24) is 9.80 Å². The van der Waals surface area contributed by atoms with Gasteiger partial charge in [-0.1, -0.05) is 23.5 Å². The first-order valence-corrected chi connectivity index (χ1v) is 14.5. The summed E-state index contributed by atoms with van der Waals surface area (Å²) >= 11 is 0. The van der Waals surface area contributed by atoms with Crippen LogP contribution in [0.5, 0.6) is 0 Å². The average Bonchev–Trinajstić information content (AvgIpc) is 2.94. The van der Waals surface area contributed by atoms with Crippen LogP contribution in [0.4, 0.5) is 13.2 Å². The minimum Gasteiger partial charge on any atom is -0.446 e. The second-order valence-corrected chi connectivity index (χ2v) is 15.0. The van der Waals surface area contributed by atoms with Crippen LogP contribution in [0.15, 0.2) is 72.7 Å². The molecule has 1 aromatic rings. The maximum Gasteiger partial charge on any atom is 0.416 e. The Balaban J connectivity index is 0.00000420. The number of halogens is 3. The number of nitrogens with zero attached hydrogens (tertiary/aromatic N) is 2. The van der Waals surface area contributed by atoms with Gasteiger partial charge in [-0.05, 0) is 43.0 Å². The summed E-state index contributed by atoms with van der Waals surface area (Å²) in [7, 11) is -2.43. The molecule has 162 valence electrons. The molecule has 0 bridgehead atoms. The molecule has 29 heavy (non-hydrogen) atoms. The molecule has 1 atom stereocenters. The number of hydrogen-bond donors (Lipinski definition) is 0. The molecule has 0 aliphatic carbocycles. The van der Waals surface area contributed by atoms with Gasteiger partial charge < -0.3 is 13.9 Å². The molecule has 1 aliphatic rings. The second kappa shape index (κ2) is 9.64.